The minimum atomic E-state index is -0.894. The van der Waals surface area contributed by atoms with E-state index in [9.17, 15) is 9.59 Å². The van der Waals surface area contributed by atoms with Crippen LogP contribution in [-0.4, -0.2) is 46.5 Å². The molecule has 0 bridgehead atoms. The lowest BCUT2D eigenvalue weighted by atomic mass is 10.4. The highest BCUT2D eigenvalue weighted by Gasteiger charge is 2.10. The lowest BCUT2D eigenvalue weighted by Crippen LogP contribution is -2.32. The molecule has 0 saturated heterocycles. The summed E-state index contributed by atoms with van der Waals surface area (Å²) in [5.41, 5.74) is 0. The summed E-state index contributed by atoms with van der Waals surface area (Å²) in [5.74, 6) is -0.751. The molecule has 1 amide bonds. The van der Waals surface area contributed by atoms with Gasteiger partial charge in [0, 0.05) is 13.1 Å². The predicted octanol–water partition coefficient (Wildman–Crippen LogP) is 0.839. The van der Waals surface area contributed by atoms with Crippen molar-refractivity contribution in [2.75, 3.05) is 24.6 Å². The lowest BCUT2D eigenvalue weighted by molar-refractivity contribution is -0.133. The van der Waals surface area contributed by atoms with Crippen molar-refractivity contribution in [3.63, 3.8) is 0 Å². The Morgan fingerprint density at radius 2 is 2.14 bits per heavy atom. The molecule has 0 saturated carbocycles. The predicted molar refractivity (Wildman–Crippen MR) is 57.4 cm³/mol. The monoisotopic (exact) mass is 217 g/mol. The third-order valence-corrected chi connectivity index (χ3v) is 2.44. The average Bonchev–Trinajstić information content (AvgIpc) is 2.13. The number of carboxylic acid groups (broad SMARTS) is 1. The minimum absolute atomic E-state index is 0.0304. The molecule has 5 heteroatoms. The van der Waals surface area contributed by atoms with E-state index >= 15 is 0 Å². The molecule has 4 nitrogen and oxygen atoms in total. The van der Waals surface area contributed by atoms with Gasteiger partial charge in [-0.2, -0.15) is 0 Å². The maximum atomic E-state index is 11.4. The first kappa shape index (κ1) is 13.0. The fourth-order valence-corrected chi connectivity index (χ4v) is 1.51. The van der Waals surface area contributed by atoms with Crippen molar-refractivity contribution < 1.29 is 14.7 Å². The molecule has 0 aliphatic carbocycles. The van der Waals surface area contributed by atoms with E-state index in [1.807, 2.05) is 6.92 Å². The van der Waals surface area contributed by atoms with Crippen LogP contribution in [0.25, 0.3) is 0 Å². The van der Waals surface area contributed by atoms with Crippen molar-refractivity contribution in [2.45, 2.75) is 6.92 Å². The van der Waals surface area contributed by atoms with Crippen molar-refractivity contribution in [2.24, 2.45) is 0 Å². The van der Waals surface area contributed by atoms with Gasteiger partial charge in [-0.1, -0.05) is 6.08 Å². The number of thioether (sulfide) groups is 1. The molecule has 0 aliphatic rings. The van der Waals surface area contributed by atoms with Crippen LogP contribution in [0.15, 0.2) is 12.7 Å². The summed E-state index contributed by atoms with van der Waals surface area (Å²) in [6.45, 7) is 6.56. The zero-order chi connectivity index (χ0) is 11.0. The number of likely N-dealkylation sites (N-methyl/N-ethyl adjacent to an activating group) is 1. The molecule has 0 aromatic heterocycles. The van der Waals surface area contributed by atoms with E-state index in [2.05, 4.69) is 6.58 Å². The first-order valence-electron chi connectivity index (χ1n) is 4.30. The van der Waals surface area contributed by atoms with Crippen LogP contribution < -0.4 is 0 Å². The molecular weight excluding hydrogens is 202 g/mol. The van der Waals surface area contributed by atoms with E-state index in [1.54, 1.807) is 11.0 Å². The Labute approximate surface area is 88.0 Å². The Balaban J connectivity index is 3.80. The van der Waals surface area contributed by atoms with E-state index in [-0.39, 0.29) is 17.4 Å². The summed E-state index contributed by atoms with van der Waals surface area (Å²) in [6, 6.07) is 0. The number of carbonyl (C=O) groups excluding carboxylic acids is 1. The fourth-order valence-electron chi connectivity index (χ4n) is 0.880. The van der Waals surface area contributed by atoms with Gasteiger partial charge in [-0.25, -0.2) is 0 Å². The quantitative estimate of drug-likeness (QED) is 0.642. The summed E-state index contributed by atoms with van der Waals surface area (Å²) in [7, 11) is 0. The topological polar surface area (TPSA) is 57.6 Å². The van der Waals surface area contributed by atoms with Crippen LogP contribution in [0.5, 0.6) is 0 Å². The maximum absolute atomic E-state index is 11.4. The van der Waals surface area contributed by atoms with Crippen molar-refractivity contribution in [1.29, 1.82) is 0 Å². The van der Waals surface area contributed by atoms with Gasteiger partial charge in [0.25, 0.3) is 0 Å². The van der Waals surface area contributed by atoms with Gasteiger partial charge < -0.3 is 10.0 Å². The van der Waals surface area contributed by atoms with Gasteiger partial charge in [0.05, 0.1) is 11.5 Å². The second-order valence-corrected chi connectivity index (χ2v) is 3.59. The molecule has 14 heavy (non-hydrogen) atoms. The molecule has 80 valence electrons. The molecule has 0 heterocycles. The van der Waals surface area contributed by atoms with Gasteiger partial charge in [-0.05, 0) is 6.92 Å². The number of carboxylic acids is 1. The van der Waals surface area contributed by atoms with E-state index in [4.69, 9.17) is 5.11 Å². The molecule has 1 N–H and O–H groups in total. The highest BCUT2D eigenvalue weighted by Crippen LogP contribution is 2.02. The summed E-state index contributed by atoms with van der Waals surface area (Å²) in [4.78, 5) is 23.2. The Hall–Kier alpha value is -0.970. The van der Waals surface area contributed by atoms with Crippen LogP contribution in [0.2, 0.25) is 0 Å². The fraction of sp³-hybridized carbons (Fsp3) is 0.556. The van der Waals surface area contributed by atoms with Crippen LogP contribution in [-0.2, 0) is 9.59 Å². The molecule has 0 unspecified atom stereocenters. The number of aliphatic carboxylic acids is 1. The molecule has 0 fully saturated rings. The van der Waals surface area contributed by atoms with E-state index in [1.165, 1.54) is 0 Å². The number of amides is 1. The van der Waals surface area contributed by atoms with Crippen LogP contribution in [0.3, 0.4) is 0 Å². The number of rotatable bonds is 7. The first-order chi connectivity index (χ1) is 6.61. The van der Waals surface area contributed by atoms with Crippen molar-refractivity contribution in [3.05, 3.63) is 12.7 Å². The maximum Gasteiger partial charge on any atom is 0.313 e. The van der Waals surface area contributed by atoms with Crippen molar-refractivity contribution >= 4 is 23.6 Å². The second kappa shape index (κ2) is 7.44. The van der Waals surface area contributed by atoms with Gasteiger partial charge in [0.1, 0.15) is 0 Å². The zero-order valence-corrected chi connectivity index (χ0v) is 9.05. The standard InChI is InChI=1S/C9H15NO3S/c1-3-5-10(4-2)8(11)6-14-7-9(12)13/h3H,1,4-7H2,2H3,(H,12,13). The molecular formula is C9H15NO3S. The van der Waals surface area contributed by atoms with Gasteiger partial charge in [0.15, 0.2) is 0 Å². The minimum Gasteiger partial charge on any atom is -0.481 e. The molecule has 0 aromatic carbocycles. The average molecular weight is 217 g/mol. The van der Waals surface area contributed by atoms with Crippen molar-refractivity contribution in [1.82, 2.24) is 4.90 Å². The zero-order valence-electron chi connectivity index (χ0n) is 8.23. The molecule has 0 radical (unpaired) electrons. The van der Waals surface area contributed by atoms with Crippen LogP contribution in [0, 0.1) is 0 Å². The van der Waals surface area contributed by atoms with Crippen LogP contribution in [0.1, 0.15) is 6.92 Å². The molecule has 0 spiro atoms. The number of hydrogen-bond donors (Lipinski definition) is 1. The Bertz CT molecular complexity index is 218. The van der Waals surface area contributed by atoms with E-state index < -0.39 is 5.97 Å². The van der Waals surface area contributed by atoms with E-state index in [0.717, 1.165) is 11.8 Å². The second-order valence-electron chi connectivity index (χ2n) is 2.61. The van der Waals surface area contributed by atoms with Gasteiger partial charge >= 0.3 is 5.97 Å². The van der Waals surface area contributed by atoms with Gasteiger partial charge in [-0.3, -0.25) is 9.59 Å². The van der Waals surface area contributed by atoms with Gasteiger partial charge in [-0.15, -0.1) is 18.3 Å². The summed E-state index contributed by atoms with van der Waals surface area (Å²) >= 11 is 1.11. The third kappa shape index (κ3) is 5.64. The summed E-state index contributed by atoms with van der Waals surface area (Å²) < 4.78 is 0. The molecule has 0 aliphatic heterocycles. The number of nitrogens with zero attached hydrogens (tertiary/aromatic N) is 1. The Morgan fingerprint density at radius 1 is 1.50 bits per heavy atom. The highest BCUT2D eigenvalue weighted by atomic mass is 32.2. The smallest absolute Gasteiger partial charge is 0.313 e. The van der Waals surface area contributed by atoms with Gasteiger partial charge in [0.2, 0.25) is 5.91 Å². The molecule has 0 aromatic rings. The SMILES string of the molecule is C=CCN(CC)C(=O)CSCC(=O)O. The summed E-state index contributed by atoms with van der Waals surface area (Å²) in [6.07, 6.45) is 1.66. The summed E-state index contributed by atoms with van der Waals surface area (Å²) in [5, 5.41) is 8.36. The first-order valence-corrected chi connectivity index (χ1v) is 5.45. The lowest BCUT2D eigenvalue weighted by Gasteiger charge is -2.18. The largest absolute Gasteiger partial charge is 0.481 e. The third-order valence-electron chi connectivity index (χ3n) is 1.53. The number of hydrogen-bond acceptors (Lipinski definition) is 3. The highest BCUT2D eigenvalue weighted by molar-refractivity contribution is 8.00. The molecule has 0 atom stereocenters. The van der Waals surface area contributed by atoms with Crippen LogP contribution in [0.4, 0.5) is 0 Å². The normalized spacial score (nSPS) is 9.50. The Morgan fingerprint density at radius 3 is 2.57 bits per heavy atom. The van der Waals surface area contributed by atoms with Crippen molar-refractivity contribution in [3.8, 4) is 0 Å². The van der Waals surface area contributed by atoms with E-state index in [0.29, 0.717) is 13.1 Å². The number of carbonyl (C=O) groups is 2. The van der Waals surface area contributed by atoms with Crippen LogP contribution >= 0.6 is 11.8 Å². The molecule has 0 rings (SSSR count). The Kier molecular flexibility index (Phi) is 6.92.